The maximum atomic E-state index is 12.0. The summed E-state index contributed by atoms with van der Waals surface area (Å²) in [7, 11) is 0. The highest BCUT2D eigenvalue weighted by Crippen LogP contribution is 2.48. The maximum absolute atomic E-state index is 12.0. The molecule has 2 nitrogen and oxygen atoms in total. The summed E-state index contributed by atoms with van der Waals surface area (Å²) in [5.41, 5.74) is 0.115. The third kappa shape index (κ3) is 6.30. The van der Waals surface area contributed by atoms with Crippen molar-refractivity contribution in [1.29, 1.82) is 0 Å². The quantitative estimate of drug-likeness (QED) is 0.413. The van der Waals surface area contributed by atoms with Crippen molar-refractivity contribution >= 4 is 5.97 Å². The van der Waals surface area contributed by atoms with Gasteiger partial charge in [-0.05, 0) is 31.1 Å². The van der Waals surface area contributed by atoms with Crippen LogP contribution in [0.3, 0.4) is 0 Å². The molecule has 0 heterocycles. The third-order valence-electron chi connectivity index (χ3n) is 5.76. The van der Waals surface area contributed by atoms with Crippen molar-refractivity contribution in [3.8, 4) is 0 Å². The molecule has 0 aromatic rings. The average molecular weight is 311 g/mol. The summed E-state index contributed by atoms with van der Waals surface area (Å²) in [5.74, 6) is -0.611. The first-order chi connectivity index (χ1) is 10.7. The highest BCUT2D eigenvalue weighted by Gasteiger charge is 2.42. The van der Waals surface area contributed by atoms with Crippen molar-refractivity contribution in [1.82, 2.24) is 0 Å². The molecule has 2 heteroatoms. The molecule has 1 fully saturated rings. The van der Waals surface area contributed by atoms with Crippen LogP contribution >= 0.6 is 0 Å². The molecule has 0 aromatic heterocycles. The van der Waals surface area contributed by atoms with E-state index in [1.54, 1.807) is 0 Å². The van der Waals surface area contributed by atoms with Crippen molar-refractivity contribution in [2.75, 3.05) is 0 Å². The molecule has 1 aliphatic rings. The van der Waals surface area contributed by atoms with Crippen LogP contribution in [0.1, 0.15) is 110 Å². The van der Waals surface area contributed by atoms with Gasteiger partial charge in [0.15, 0.2) is 0 Å². The Labute approximate surface area is 138 Å². The molecular formula is C20H38O2. The Morgan fingerprint density at radius 3 is 2.05 bits per heavy atom. The fourth-order valence-electron chi connectivity index (χ4n) is 4.40. The summed E-state index contributed by atoms with van der Waals surface area (Å²) in [6.45, 7) is 4.45. The van der Waals surface area contributed by atoms with Crippen LogP contribution in [0.25, 0.3) is 0 Å². The molecule has 0 spiro atoms. The monoisotopic (exact) mass is 310 g/mol. The number of carboxylic acid groups (broad SMARTS) is 1. The van der Waals surface area contributed by atoms with Crippen LogP contribution in [0.5, 0.6) is 0 Å². The SMILES string of the molecule is CCCCCCC(C(=O)O)C1(CCCCCC)CCCCC1. The number of rotatable bonds is 12. The smallest absolute Gasteiger partial charge is 0.307 e. The van der Waals surface area contributed by atoms with Gasteiger partial charge in [0.1, 0.15) is 0 Å². The highest BCUT2D eigenvalue weighted by molar-refractivity contribution is 5.71. The Kier molecular flexibility index (Phi) is 9.82. The number of hydrogen-bond acceptors (Lipinski definition) is 1. The normalized spacial score (nSPS) is 19.0. The first-order valence-corrected chi connectivity index (χ1v) is 9.89. The molecule has 1 saturated carbocycles. The molecule has 0 saturated heterocycles. The van der Waals surface area contributed by atoms with Crippen LogP contribution < -0.4 is 0 Å². The summed E-state index contributed by atoms with van der Waals surface area (Å²) in [4.78, 5) is 12.0. The van der Waals surface area contributed by atoms with Crippen molar-refractivity contribution < 1.29 is 9.90 Å². The number of hydrogen-bond donors (Lipinski definition) is 1. The Hall–Kier alpha value is -0.530. The van der Waals surface area contributed by atoms with E-state index in [9.17, 15) is 9.90 Å². The van der Waals surface area contributed by atoms with E-state index >= 15 is 0 Å². The standard InChI is InChI=1S/C20H38O2/c1-3-5-7-10-14-18(19(21)22)20(15-11-8-6-4-2)16-12-9-13-17-20/h18H,3-17H2,1-2H3,(H,21,22). The van der Waals surface area contributed by atoms with Crippen LogP contribution in [0, 0.1) is 11.3 Å². The molecule has 1 rings (SSSR count). The zero-order valence-electron chi connectivity index (χ0n) is 15.0. The second-order valence-corrected chi connectivity index (χ2v) is 7.47. The molecule has 0 bridgehead atoms. The molecule has 22 heavy (non-hydrogen) atoms. The second-order valence-electron chi connectivity index (χ2n) is 7.47. The van der Waals surface area contributed by atoms with Gasteiger partial charge in [0.2, 0.25) is 0 Å². The van der Waals surface area contributed by atoms with Crippen molar-refractivity contribution in [2.45, 2.75) is 110 Å². The van der Waals surface area contributed by atoms with Gasteiger partial charge in [0, 0.05) is 0 Å². The van der Waals surface area contributed by atoms with Gasteiger partial charge >= 0.3 is 5.97 Å². The lowest BCUT2D eigenvalue weighted by Crippen LogP contribution is -2.38. The Bertz CT molecular complexity index is 292. The summed E-state index contributed by atoms with van der Waals surface area (Å²) >= 11 is 0. The molecule has 1 atom stereocenters. The number of carbonyl (C=O) groups is 1. The van der Waals surface area contributed by atoms with Gasteiger partial charge in [-0.3, -0.25) is 4.79 Å². The summed E-state index contributed by atoms with van der Waals surface area (Å²) in [6.07, 6.45) is 18.0. The molecule has 0 aliphatic heterocycles. The zero-order chi connectivity index (χ0) is 16.3. The van der Waals surface area contributed by atoms with Gasteiger partial charge in [0.25, 0.3) is 0 Å². The van der Waals surface area contributed by atoms with Crippen LogP contribution in [-0.2, 0) is 4.79 Å². The minimum atomic E-state index is -0.520. The van der Waals surface area contributed by atoms with Crippen molar-refractivity contribution in [2.24, 2.45) is 11.3 Å². The van der Waals surface area contributed by atoms with Gasteiger partial charge < -0.3 is 5.11 Å². The van der Waals surface area contributed by atoms with E-state index < -0.39 is 5.97 Å². The first-order valence-electron chi connectivity index (χ1n) is 9.89. The molecule has 0 aromatic carbocycles. The zero-order valence-corrected chi connectivity index (χ0v) is 15.0. The van der Waals surface area contributed by atoms with Crippen LogP contribution in [0.4, 0.5) is 0 Å². The molecule has 1 N–H and O–H groups in total. The number of carboxylic acids is 1. The largest absolute Gasteiger partial charge is 0.481 e. The highest BCUT2D eigenvalue weighted by atomic mass is 16.4. The van der Waals surface area contributed by atoms with Gasteiger partial charge in [-0.15, -0.1) is 0 Å². The summed E-state index contributed by atoms with van der Waals surface area (Å²) < 4.78 is 0. The lowest BCUT2D eigenvalue weighted by Gasteiger charge is -2.42. The van der Waals surface area contributed by atoms with E-state index in [-0.39, 0.29) is 11.3 Å². The Morgan fingerprint density at radius 2 is 1.50 bits per heavy atom. The topological polar surface area (TPSA) is 37.3 Å². The Morgan fingerprint density at radius 1 is 0.909 bits per heavy atom. The number of aliphatic carboxylic acids is 1. The van der Waals surface area contributed by atoms with Crippen molar-refractivity contribution in [3.63, 3.8) is 0 Å². The van der Waals surface area contributed by atoms with E-state index in [0.717, 1.165) is 32.1 Å². The van der Waals surface area contributed by atoms with Crippen LogP contribution in [0.15, 0.2) is 0 Å². The molecule has 0 radical (unpaired) electrons. The molecule has 1 unspecified atom stereocenters. The molecule has 1 aliphatic carbocycles. The van der Waals surface area contributed by atoms with Gasteiger partial charge in [0.05, 0.1) is 5.92 Å². The minimum Gasteiger partial charge on any atom is -0.481 e. The van der Waals surface area contributed by atoms with Gasteiger partial charge in [-0.2, -0.15) is 0 Å². The van der Waals surface area contributed by atoms with E-state index in [1.165, 1.54) is 64.2 Å². The lowest BCUT2D eigenvalue weighted by molar-refractivity contribution is -0.149. The minimum absolute atomic E-state index is 0.0914. The van der Waals surface area contributed by atoms with E-state index in [4.69, 9.17) is 0 Å². The lowest BCUT2D eigenvalue weighted by atomic mass is 9.62. The molecule has 130 valence electrons. The van der Waals surface area contributed by atoms with Gasteiger partial charge in [-0.25, -0.2) is 0 Å². The number of unbranched alkanes of at least 4 members (excludes halogenated alkanes) is 6. The van der Waals surface area contributed by atoms with Gasteiger partial charge in [-0.1, -0.05) is 84.5 Å². The van der Waals surface area contributed by atoms with Crippen LogP contribution in [0.2, 0.25) is 0 Å². The summed E-state index contributed by atoms with van der Waals surface area (Å²) in [6, 6.07) is 0. The first kappa shape index (κ1) is 19.5. The van der Waals surface area contributed by atoms with Crippen molar-refractivity contribution in [3.05, 3.63) is 0 Å². The maximum Gasteiger partial charge on any atom is 0.307 e. The Balaban J connectivity index is 2.64. The fraction of sp³-hybridized carbons (Fsp3) is 0.950. The predicted octanol–water partition coefficient (Wildman–Crippen LogP) is 6.58. The fourth-order valence-corrected chi connectivity index (χ4v) is 4.40. The summed E-state index contributed by atoms with van der Waals surface area (Å²) in [5, 5.41) is 9.85. The molecule has 0 amide bonds. The third-order valence-corrected chi connectivity index (χ3v) is 5.76. The van der Waals surface area contributed by atoms with E-state index in [0.29, 0.717) is 0 Å². The molecular weight excluding hydrogens is 272 g/mol. The second kappa shape index (κ2) is 11.1. The average Bonchev–Trinajstić information content (AvgIpc) is 2.52. The van der Waals surface area contributed by atoms with E-state index in [1.807, 2.05) is 0 Å². The van der Waals surface area contributed by atoms with E-state index in [2.05, 4.69) is 13.8 Å². The van der Waals surface area contributed by atoms with Crippen LogP contribution in [-0.4, -0.2) is 11.1 Å². The predicted molar refractivity (Wildman–Crippen MR) is 94.2 cm³/mol.